The fourth-order valence-corrected chi connectivity index (χ4v) is 9.39. The van der Waals surface area contributed by atoms with Crippen molar-refractivity contribution in [3.8, 4) is 0 Å². The summed E-state index contributed by atoms with van der Waals surface area (Å²) in [5.74, 6) is 0.410. The van der Waals surface area contributed by atoms with Gasteiger partial charge in [0.15, 0.2) is 6.29 Å². The van der Waals surface area contributed by atoms with Crippen molar-refractivity contribution < 1.29 is 76.3 Å². The number of carbonyl (C=O) groups excluding carboxylic acids is 1. The predicted molar refractivity (Wildman–Crippen MR) is 133 cm³/mol. The maximum atomic E-state index is 12.5. The number of ketones is 1. The minimum absolute atomic E-state index is 0. The van der Waals surface area contributed by atoms with E-state index < -0.39 is 53.3 Å². The van der Waals surface area contributed by atoms with E-state index in [9.17, 15) is 33.1 Å². The van der Waals surface area contributed by atoms with Crippen molar-refractivity contribution >= 4 is 16.2 Å². The maximum Gasteiger partial charge on any atom is 1.00 e. The largest absolute Gasteiger partial charge is 1.00 e. The van der Waals surface area contributed by atoms with E-state index in [0.717, 1.165) is 19.3 Å². The van der Waals surface area contributed by atoms with E-state index in [4.69, 9.17) is 13.7 Å². The van der Waals surface area contributed by atoms with Gasteiger partial charge in [-0.15, -0.1) is 0 Å². The van der Waals surface area contributed by atoms with Crippen molar-refractivity contribution in [1.82, 2.24) is 0 Å². The summed E-state index contributed by atoms with van der Waals surface area (Å²) in [4.78, 5) is 12.5. The van der Waals surface area contributed by atoms with Crippen LogP contribution in [0.25, 0.3) is 0 Å². The predicted octanol–water partition coefficient (Wildman–Crippen LogP) is -1.17. The molecule has 0 bridgehead atoms. The molecule has 0 spiro atoms. The third-order valence-electron chi connectivity index (χ3n) is 10.8. The fraction of sp³-hybridized carbons (Fsp3) is 0.889. The van der Waals surface area contributed by atoms with Crippen LogP contribution < -0.4 is 29.6 Å². The summed E-state index contributed by atoms with van der Waals surface area (Å²) in [6.07, 6.45) is -0.609. The topological polar surface area (TPSA) is 163 Å². The van der Waals surface area contributed by atoms with Crippen LogP contribution in [-0.4, -0.2) is 77.0 Å². The second-order valence-electron chi connectivity index (χ2n) is 12.8. The molecule has 1 aliphatic heterocycles. The molecule has 0 aromatic rings. The summed E-state index contributed by atoms with van der Waals surface area (Å²) in [7, 11) is -4.88. The number of carbonyl (C=O) groups is 1. The summed E-state index contributed by atoms with van der Waals surface area (Å²) < 4.78 is 51.3. The molecule has 0 radical (unpaired) electrons. The van der Waals surface area contributed by atoms with E-state index in [0.29, 0.717) is 19.3 Å². The van der Waals surface area contributed by atoms with Crippen molar-refractivity contribution in [2.45, 2.75) is 116 Å². The van der Waals surface area contributed by atoms with E-state index in [1.165, 1.54) is 5.57 Å². The van der Waals surface area contributed by atoms with Crippen LogP contribution in [0.15, 0.2) is 11.6 Å². The van der Waals surface area contributed by atoms with Crippen molar-refractivity contribution in [2.24, 2.45) is 34.5 Å². The van der Waals surface area contributed by atoms with Gasteiger partial charge in [0.25, 0.3) is 0 Å². The first-order chi connectivity index (χ1) is 17.7. The Balaban J connectivity index is 0.00000353. The van der Waals surface area contributed by atoms with Gasteiger partial charge in [0.2, 0.25) is 10.4 Å². The van der Waals surface area contributed by atoms with E-state index in [1.807, 2.05) is 0 Å². The molecule has 12 heteroatoms. The molecule has 216 valence electrons. The molecule has 10 nitrogen and oxygen atoms in total. The Labute approximate surface area is 253 Å². The van der Waals surface area contributed by atoms with Gasteiger partial charge in [-0.05, 0) is 87.4 Å². The van der Waals surface area contributed by atoms with E-state index in [1.54, 1.807) is 13.8 Å². The fourth-order valence-electron chi connectivity index (χ4n) is 8.88. The van der Waals surface area contributed by atoms with Crippen LogP contribution in [0.5, 0.6) is 0 Å². The molecule has 39 heavy (non-hydrogen) atoms. The van der Waals surface area contributed by atoms with E-state index >= 15 is 0 Å². The molecule has 4 fully saturated rings. The van der Waals surface area contributed by atoms with Crippen LogP contribution in [0.4, 0.5) is 0 Å². The molecule has 1 heterocycles. The molecular formula is C27H41NaO10S. The van der Waals surface area contributed by atoms with Crippen molar-refractivity contribution in [3.05, 3.63) is 11.6 Å². The minimum Gasteiger partial charge on any atom is -0.726 e. The Morgan fingerprint density at radius 1 is 1.08 bits per heavy atom. The average Bonchev–Trinajstić information content (AvgIpc) is 3.18. The number of fused-ring (bicyclic) bond motifs is 5. The molecule has 13 atom stereocenters. The Hall–Kier alpha value is 0.0800. The molecule has 0 amide bonds. The zero-order valence-electron chi connectivity index (χ0n) is 23.5. The smallest absolute Gasteiger partial charge is 0.726 e. The maximum absolute atomic E-state index is 12.5. The molecule has 5 rings (SSSR count). The molecule has 3 N–H and O–H groups in total. The molecule has 0 aromatic heterocycles. The summed E-state index contributed by atoms with van der Waals surface area (Å²) in [5.41, 5.74) is 0.797. The van der Waals surface area contributed by atoms with Gasteiger partial charge >= 0.3 is 29.6 Å². The van der Waals surface area contributed by atoms with Gasteiger partial charge in [0.1, 0.15) is 24.1 Å². The number of aliphatic hydroxyl groups is 3. The third kappa shape index (κ3) is 5.60. The molecule has 0 unspecified atom stereocenters. The minimum atomic E-state index is -4.88. The average molecular weight is 581 g/mol. The number of ether oxygens (including phenoxy) is 2. The molecule has 0 aromatic carbocycles. The van der Waals surface area contributed by atoms with Crippen molar-refractivity contribution in [2.75, 3.05) is 0 Å². The van der Waals surface area contributed by atoms with Crippen LogP contribution in [0.2, 0.25) is 0 Å². The molecule has 3 saturated carbocycles. The normalized spacial score (nSPS) is 49.6. The van der Waals surface area contributed by atoms with Gasteiger partial charge in [-0.25, -0.2) is 8.42 Å². The number of hydrogen-bond donors (Lipinski definition) is 3. The Morgan fingerprint density at radius 2 is 1.77 bits per heavy atom. The summed E-state index contributed by atoms with van der Waals surface area (Å²) in [6.45, 7) is 7.65. The quantitative estimate of drug-likeness (QED) is 0.156. The summed E-state index contributed by atoms with van der Waals surface area (Å²) in [6, 6.07) is 0. The first kappa shape index (κ1) is 32.0. The standard InChI is InChI=1S/C27H42O10S.Na/c1-13(28)17-5-6-18-16-12-21(36-25-24(31)23(30)22(29)14(2)35-25)20-11-15(37-38(32,33)34)7-9-27(20,4)19(16)8-10-26(17,18)3;/h8,14-18,20-25,29-31H,5-7,9-12H2,1-4H3,(H,32,33,34);/q;+1/p-1/t14-,15+,16+,17-,18+,20-,21+,22-,23+,24-,25+,26-,27-;/m1./s1. The van der Waals surface area contributed by atoms with Crippen LogP contribution in [0.3, 0.4) is 0 Å². The summed E-state index contributed by atoms with van der Waals surface area (Å²) >= 11 is 0. The van der Waals surface area contributed by atoms with Crippen LogP contribution >= 0.6 is 0 Å². The second kappa shape index (κ2) is 11.3. The van der Waals surface area contributed by atoms with Gasteiger partial charge < -0.3 is 29.3 Å². The van der Waals surface area contributed by atoms with Gasteiger partial charge in [-0.2, -0.15) is 0 Å². The van der Waals surface area contributed by atoms with Gasteiger partial charge in [-0.1, -0.05) is 25.5 Å². The first-order valence-corrected chi connectivity index (χ1v) is 15.2. The van der Waals surface area contributed by atoms with Crippen LogP contribution in [0, 0.1) is 34.5 Å². The van der Waals surface area contributed by atoms with Gasteiger partial charge in [0.05, 0.1) is 18.3 Å². The van der Waals surface area contributed by atoms with Gasteiger partial charge in [0, 0.05) is 5.92 Å². The Bertz CT molecular complexity index is 1080. The second-order valence-corrected chi connectivity index (χ2v) is 13.8. The monoisotopic (exact) mass is 580 g/mol. The van der Waals surface area contributed by atoms with E-state index in [2.05, 4.69) is 19.9 Å². The first-order valence-electron chi connectivity index (χ1n) is 13.9. The number of aliphatic hydroxyl groups excluding tert-OH is 3. The Morgan fingerprint density at radius 3 is 2.41 bits per heavy atom. The molecule has 4 aliphatic carbocycles. The van der Waals surface area contributed by atoms with Crippen LogP contribution in [-0.2, 0) is 28.9 Å². The molecule has 1 saturated heterocycles. The third-order valence-corrected chi connectivity index (χ3v) is 11.3. The van der Waals surface area contributed by atoms with E-state index in [-0.39, 0.29) is 76.3 Å². The summed E-state index contributed by atoms with van der Waals surface area (Å²) in [5, 5.41) is 31.2. The molecule has 5 aliphatic rings. The number of allylic oxidation sites excluding steroid dienone is 2. The Kier molecular flexibility index (Phi) is 9.27. The number of rotatable bonds is 5. The van der Waals surface area contributed by atoms with Crippen molar-refractivity contribution in [3.63, 3.8) is 0 Å². The molecular weight excluding hydrogens is 539 g/mol. The van der Waals surface area contributed by atoms with Crippen LogP contribution in [0.1, 0.15) is 72.6 Å². The van der Waals surface area contributed by atoms with Crippen molar-refractivity contribution in [1.29, 1.82) is 0 Å². The number of hydrogen-bond acceptors (Lipinski definition) is 10. The zero-order chi connectivity index (χ0) is 27.8. The SMILES string of the molecule is CC(=O)[C@H]1CC[C@H]2[C@@H]3C[C@H](O[C@@H]4O[C@H](C)[C@@H](O)[C@H](O)[C@H]4O)[C@H]4C[C@@H](OS(=O)(=O)[O-])CC[C@]4(C)C3=CC[C@]12C.[Na+]. The zero-order valence-corrected chi connectivity index (χ0v) is 26.3. The van der Waals surface area contributed by atoms with Gasteiger partial charge in [-0.3, -0.25) is 8.98 Å². The number of Topliss-reactive ketones (excluding diaryl/α,β-unsaturated/α-hetero) is 1.